The van der Waals surface area contributed by atoms with E-state index in [-0.39, 0.29) is 29.3 Å². The van der Waals surface area contributed by atoms with Crippen LogP contribution in [0.3, 0.4) is 0 Å². The molecule has 7 heteroatoms. The maximum absolute atomic E-state index is 13.1. The van der Waals surface area contributed by atoms with Crippen LogP contribution >= 0.6 is 0 Å². The highest BCUT2D eigenvalue weighted by Crippen LogP contribution is 2.23. The zero-order valence-corrected chi connectivity index (χ0v) is 17.1. The molecule has 30 heavy (non-hydrogen) atoms. The minimum absolute atomic E-state index is 0.00865. The number of hydrogen-bond donors (Lipinski definition) is 1. The van der Waals surface area contributed by atoms with Gasteiger partial charge in [0.1, 0.15) is 11.6 Å². The Kier molecular flexibility index (Phi) is 6.82. The molecular weight excluding hydrogens is 387 g/mol. The van der Waals surface area contributed by atoms with Crippen LogP contribution in [-0.4, -0.2) is 41.7 Å². The molecule has 1 aliphatic rings. The van der Waals surface area contributed by atoms with E-state index in [0.717, 1.165) is 0 Å². The van der Waals surface area contributed by atoms with Crippen molar-refractivity contribution in [2.45, 2.75) is 32.8 Å². The largest absolute Gasteiger partial charge is 0.481 e. The number of nitrogens with one attached hydrogen (secondary N) is 1. The van der Waals surface area contributed by atoms with Crippen LogP contribution in [-0.2, 0) is 9.59 Å². The van der Waals surface area contributed by atoms with Gasteiger partial charge in [-0.05, 0) is 68.3 Å². The first kappa shape index (κ1) is 21.5. The van der Waals surface area contributed by atoms with E-state index in [2.05, 4.69) is 5.32 Å². The lowest BCUT2D eigenvalue weighted by Gasteiger charge is -2.33. The van der Waals surface area contributed by atoms with E-state index in [1.54, 1.807) is 36.1 Å². The minimum Gasteiger partial charge on any atom is -0.481 e. The lowest BCUT2D eigenvalue weighted by atomic mass is 9.88. The second kappa shape index (κ2) is 9.52. The summed E-state index contributed by atoms with van der Waals surface area (Å²) >= 11 is 0. The lowest BCUT2D eigenvalue weighted by molar-refractivity contribution is -0.139. The molecule has 158 valence electrons. The number of likely N-dealkylation sites (tertiary alicyclic amines) is 1. The van der Waals surface area contributed by atoms with Crippen molar-refractivity contribution >= 4 is 23.3 Å². The average Bonchev–Trinajstić information content (AvgIpc) is 2.74. The molecule has 1 saturated heterocycles. The molecular formula is C23H25FN2O4. The van der Waals surface area contributed by atoms with Gasteiger partial charge in [-0.2, -0.15) is 0 Å². The van der Waals surface area contributed by atoms with Gasteiger partial charge >= 0.3 is 0 Å². The third-order valence-electron chi connectivity index (χ3n) is 5.14. The molecule has 0 bridgehead atoms. The summed E-state index contributed by atoms with van der Waals surface area (Å²) in [6.45, 7) is 4.08. The van der Waals surface area contributed by atoms with Gasteiger partial charge in [0.25, 0.3) is 5.91 Å². The highest BCUT2D eigenvalue weighted by atomic mass is 19.1. The highest BCUT2D eigenvalue weighted by molar-refractivity contribution is 5.98. The van der Waals surface area contributed by atoms with Crippen LogP contribution in [0.1, 0.15) is 37.0 Å². The topological polar surface area (TPSA) is 75.7 Å². The molecule has 0 aliphatic carbocycles. The van der Waals surface area contributed by atoms with Crippen LogP contribution in [0, 0.1) is 11.7 Å². The lowest BCUT2D eigenvalue weighted by Crippen LogP contribution is -2.45. The first-order valence-corrected chi connectivity index (χ1v) is 9.96. The number of rotatable bonds is 6. The standard InChI is InChI=1S/C23H25FN2O4/c1-15(30-21-9-7-20(8-10-21)25-16(2)27)23(29)26-13-11-18(12-14-26)22(28)17-3-5-19(24)6-4-17/h3-10,15,18H,11-14H2,1-2H3,(H,25,27). The zero-order valence-electron chi connectivity index (χ0n) is 17.1. The average molecular weight is 412 g/mol. The molecule has 2 aromatic carbocycles. The van der Waals surface area contributed by atoms with Gasteiger partial charge in [-0.15, -0.1) is 0 Å². The summed E-state index contributed by atoms with van der Waals surface area (Å²) in [5.41, 5.74) is 1.15. The molecule has 1 atom stereocenters. The van der Waals surface area contributed by atoms with Crippen molar-refractivity contribution in [3.63, 3.8) is 0 Å². The number of nitrogens with zero attached hydrogens (tertiary/aromatic N) is 1. The van der Waals surface area contributed by atoms with E-state index in [4.69, 9.17) is 4.74 Å². The molecule has 1 N–H and O–H groups in total. The van der Waals surface area contributed by atoms with Gasteiger partial charge in [-0.3, -0.25) is 14.4 Å². The molecule has 0 aromatic heterocycles. The Morgan fingerprint density at radius 2 is 1.63 bits per heavy atom. The molecule has 0 spiro atoms. The first-order chi connectivity index (χ1) is 14.3. The van der Waals surface area contributed by atoms with Crippen LogP contribution in [0.15, 0.2) is 48.5 Å². The third kappa shape index (κ3) is 5.43. The van der Waals surface area contributed by atoms with E-state index in [1.807, 2.05) is 0 Å². The Labute approximate surface area is 175 Å². The highest BCUT2D eigenvalue weighted by Gasteiger charge is 2.30. The van der Waals surface area contributed by atoms with Crippen LogP contribution in [0.4, 0.5) is 10.1 Å². The van der Waals surface area contributed by atoms with Crippen molar-refractivity contribution in [1.29, 1.82) is 0 Å². The molecule has 0 saturated carbocycles. The van der Waals surface area contributed by atoms with Gasteiger partial charge in [-0.1, -0.05) is 0 Å². The van der Waals surface area contributed by atoms with Gasteiger partial charge in [0.2, 0.25) is 5.91 Å². The van der Waals surface area contributed by atoms with Crippen molar-refractivity contribution in [2.75, 3.05) is 18.4 Å². The third-order valence-corrected chi connectivity index (χ3v) is 5.14. The van der Waals surface area contributed by atoms with E-state index < -0.39 is 6.10 Å². The van der Waals surface area contributed by atoms with Gasteiger partial charge in [-0.25, -0.2) is 4.39 Å². The number of anilines is 1. The number of hydrogen-bond acceptors (Lipinski definition) is 4. The Morgan fingerprint density at radius 1 is 1.03 bits per heavy atom. The Bertz CT molecular complexity index is 904. The Hall–Kier alpha value is -3.22. The zero-order chi connectivity index (χ0) is 21.7. The number of halogens is 1. The number of carbonyl (C=O) groups is 3. The predicted molar refractivity (Wildman–Crippen MR) is 111 cm³/mol. The quantitative estimate of drug-likeness (QED) is 0.735. The van der Waals surface area contributed by atoms with Gasteiger partial charge < -0.3 is 15.0 Å². The minimum atomic E-state index is -0.666. The van der Waals surface area contributed by atoms with Crippen molar-refractivity contribution in [1.82, 2.24) is 4.90 Å². The summed E-state index contributed by atoms with van der Waals surface area (Å²) in [7, 11) is 0. The SMILES string of the molecule is CC(=O)Nc1ccc(OC(C)C(=O)N2CCC(C(=O)c3ccc(F)cc3)CC2)cc1. The summed E-state index contributed by atoms with van der Waals surface area (Å²) in [6, 6.07) is 12.4. The smallest absolute Gasteiger partial charge is 0.263 e. The van der Waals surface area contributed by atoms with E-state index in [0.29, 0.717) is 42.9 Å². The fraction of sp³-hybridized carbons (Fsp3) is 0.348. The van der Waals surface area contributed by atoms with E-state index in [9.17, 15) is 18.8 Å². The molecule has 1 unspecified atom stereocenters. The molecule has 1 aliphatic heterocycles. The number of benzene rings is 2. The number of amides is 2. The number of Topliss-reactive ketones (excluding diaryl/α,β-unsaturated/α-hetero) is 1. The number of piperidine rings is 1. The van der Waals surface area contributed by atoms with Crippen molar-refractivity contribution < 1.29 is 23.5 Å². The molecule has 2 amide bonds. The summed E-state index contributed by atoms with van der Waals surface area (Å²) < 4.78 is 18.8. The summed E-state index contributed by atoms with van der Waals surface area (Å²) in [5, 5.41) is 2.67. The monoisotopic (exact) mass is 412 g/mol. The van der Waals surface area contributed by atoms with E-state index in [1.165, 1.54) is 31.2 Å². The van der Waals surface area contributed by atoms with Gasteiger partial charge in [0.15, 0.2) is 11.9 Å². The predicted octanol–water partition coefficient (Wildman–Crippen LogP) is 3.67. The van der Waals surface area contributed by atoms with Gasteiger partial charge in [0.05, 0.1) is 0 Å². The molecule has 3 rings (SSSR count). The fourth-order valence-corrected chi connectivity index (χ4v) is 3.54. The van der Waals surface area contributed by atoms with Crippen molar-refractivity contribution in [3.05, 3.63) is 59.9 Å². The maximum Gasteiger partial charge on any atom is 0.263 e. The molecule has 1 fully saturated rings. The maximum atomic E-state index is 13.1. The Morgan fingerprint density at radius 3 is 2.20 bits per heavy atom. The van der Waals surface area contributed by atoms with Crippen molar-refractivity contribution in [2.24, 2.45) is 5.92 Å². The molecule has 0 radical (unpaired) electrons. The Balaban J connectivity index is 1.51. The van der Waals surface area contributed by atoms with Crippen LogP contribution < -0.4 is 10.1 Å². The first-order valence-electron chi connectivity index (χ1n) is 9.96. The van der Waals surface area contributed by atoms with Crippen molar-refractivity contribution in [3.8, 4) is 5.75 Å². The second-order valence-corrected chi connectivity index (χ2v) is 7.44. The summed E-state index contributed by atoms with van der Waals surface area (Å²) in [5.74, 6) is -0.304. The normalized spacial score (nSPS) is 15.4. The van der Waals surface area contributed by atoms with Crippen LogP contribution in [0.25, 0.3) is 0 Å². The summed E-state index contributed by atoms with van der Waals surface area (Å²) in [4.78, 5) is 38.1. The molecule has 6 nitrogen and oxygen atoms in total. The molecule has 2 aromatic rings. The second-order valence-electron chi connectivity index (χ2n) is 7.44. The molecule has 1 heterocycles. The van der Waals surface area contributed by atoms with E-state index >= 15 is 0 Å². The van der Waals surface area contributed by atoms with Crippen LogP contribution in [0.2, 0.25) is 0 Å². The number of ketones is 1. The fourth-order valence-electron chi connectivity index (χ4n) is 3.54. The van der Waals surface area contributed by atoms with Crippen LogP contribution in [0.5, 0.6) is 5.75 Å². The van der Waals surface area contributed by atoms with Gasteiger partial charge in [0, 0.05) is 37.2 Å². The summed E-state index contributed by atoms with van der Waals surface area (Å²) in [6.07, 6.45) is 0.473. The number of carbonyl (C=O) groups excluding carboxylic acids is 3. The number of ether oxygens (including phenoxy) is 1.